The molecule has 1 heterocycles. The van der Waals surface area contributed by atoms with Crippen molar-refractivity contribution < 1.29 is 13.2 Å². The van der Waals surface area contributed by atoms with Crippen LogP contribution in [0.25, 0.3) is 0 Å². The lowest BCUT2D eigenvalue weighted by Gasteiger charge is -2.26. The SMILES string of the molecule is Nc1ccc(Br)cc1S(=O)(=O)NCC(=O)N1CCCCC1. The number of benzene rings is 1. The Balaban J connectivity index is 2.04. The van der Waals surface area contributed by atoms with Gasteiger partial charge >= 0.3 is 0 Å². The van der Waals surface area contributed by atoms with Crippen LogP contribution >= 0.6 is 15.9 Å². The number of carbonyl (C=O) groups excluding carboxylic acids is 1. The summed E-state index contributed by atoms with van der Waals surface area (Å²) < 4.78 is 27.4. The van der Waals surface area contributed by atoms with Gasteiger partial charge in [-0.05, 0) is 37.5 Å². The molecule has 3 N–H and O–H groups in total. The Morgan fingerprint density at radius 3 is 2.62 bits per heavy atom. The lowest BCUT2D eigenvalue weighted by atomic mass is 10.1. The molecular formula is C13H18BrN3O3S. The Hall–Kier alpha value is -1.12. The summed E-state index contributed by atoms with van der Waals surface area (Å²) in [6.45, 7) is 1.15. The molecule has 8 heteroatoms. The second kappa shape index (κ2) is 6.76. The highest BCUT2D eigenvalue weighted by Gasteiger charge is 2.22. The normalized spacial score (nSPS) is 16.0. The number of sulfonamides is 1. The number of nitrogens with two attached hydrogens (primary N) is 1. The largest absolute Gasteiger partial charge is 0.398 e. The molecule has 0 saturated carbocycles. The predicted octanol–water partition coefficient (Wildman–Crippen LogP) is 1.32. The topological polar surface area (TPSA) is 92.5 Å². The highest BCUT2D eigenvalue weighted by Crippen LogP contribution is 2.22. The third-order valence-electron chi connectivity index (χ3n) is 3.39. The van der Waals surface area contributed by atoms with Crippen LogP contribution in [-0.4, -0.2) is 38.9 Å². The number of nitrogens with zero attached hydrogens (tertiary/aromatic N) is 1. The molecule has 116 valence electrons. The molecule has 0 aliphatic carbocycles. The summed E-state index contributed by atoms with van der Waals surface area (Å²) in [7, 11) is -3.80. The fourth-order valence-electron chi connectivity index (χ4n) is 2.23. The summed E-state index contributed by atoms with van der Waals surface area (Å²) in [4.78, 5) is 13.7. The summed E-state index contributed by atoms with van der Waals surface area (Å²) in [5.74, 6) is -0.202. The van der Waals surface area contributed by atoms with E-state index in [9.17, 15) is 13.2 Å². The van der Waals surface area contributed by atoms with Crippen molar-refractivity contribution in [3.63, 3.8) is 0 Å². The van der Waals surface area contributed by atoms with Gasteiger partial charge in [0.1, 0.15) is 4.90 Å². The maximum atomic E-state index is 12.2. The Morgan fingerprint density at radius 2 is 1.95 bits per heavy atom. The standard InChI is InChI=1S/C13H18BrN3O3S/c14-10-4-5-11(15)12(8-10)21(19,20)16-9-13(18)17-6-2-1-3-7-17/h4-5,8,16H,1-3,6-7,9,15H2. The quantitative estimate of drug-likeness (QED) is 0.776. The minimum Gasteiger partial charge on any atom is -0.398 e. The van der Waals surface area contributed by atoms with Crippen molar-refractivity contribution in [2.75, 3.05) is 25.4 Å². The van der Waals surface area contributed by atoms with E-state index in [2.05, 4.69) is 20.7 Å². The molecule has 1 aliphatic heterocycles. The van der Waals surface area contributed by atoms with Gasteiger partial charge in [-0.1, -0.05) is 15.9 Å². The van der Waals surface area contributed by atoms with E-state index >= 15 is 0 Å². The first-order valence-electron chi connectivity index (χ1n) is 6.72. The second-order valence-electron chi connectivity index (χ2n) is 4.95. The lowest BCUT2D eigenvalue weighted by molar-refractivity contribution is -0.130. The molecule has 0 aromatic heterocycles. The summed E-state index contributed by atoms with van der Waals surface area (Å²) in [5, 5.41) is 0. The predicted molar refractivity (Wildman–Crippen MR) is 84.2 cm³/mol. The molecule has 1 saturated heterocycles. The van der Waals surface area contributed by atoms with Crippen molar-refractivity contribution >= 4 is 37.5 Å². The first-order valence-corrected chi connectivity index (χ1v) is 9.00. The summed E-state index contributed by atoms with van der Waals surface area (Å²) in [6.07, 6.45) is 3.05. The average Bonchev–Trinajstić information content (AvgIpc) is 2.48. The third-order valence-corrected chi connectivity index (χ3v) is 5.34. The summed E-state index contributed by atoms with van der Waals surface area (Å²) in [5.41, 5.74) is 5.84. The van der Waals surface area contributed by atoms with Crippen LogP contribution < -0.4 is 10.5 Å². The van der Waals surface area contributed by atoms with Crippen LogP contribution in [0.4, 0.5) is 5.69 Å². The van der Waals surface area contributed by atoms with Gasteiger partial charge in [-0.2, -0.15) is 0 Å². The number of nitrogen functional groups attached to an aromatic ring is 1. The van der Waals surface area contributed by atoms with Crippen molar-refractivity contribution in [2.45, 2.75) is 24.2 Å². The van der Waals surface area contributed by atoms with Crippen molar-refractivity contribution in [1.82, 2.24) is 9.62 Å². The van der Waals surface area contributed by atoms with Crippen LogP contribution in [0, 0.1) is 0 Å². The van der Waals surface area contributed by atoms with Crippen LogP contribution in [0.5, 0.6) is 0 Å². The number of nitrogens with one attached hydrogen (secondary N) is 1. The number of carbonyl (C=O) groups is 1. The fraction of sp³-hybridized carbons (Fsp3) is 0.462. The summed E-state index contributed by atoms with van der Waals surface area (Å²) >= 11 is 3.21. The van der Waals surface area contributed by atoms with E-state index in [0.29, 0.717) is 17.6 Å². The average molecular weight is 376 g/mol. The lowest BCUT2D eigenvalue weighted by Crippen LogP contribution is -2.42. The van der Waals surface area contributed by atoms with E-state index in [1.165, 1.54) is 12.1 Å². The van der Waals surface area contributed by atoms with Gasteiger partial charge in [0.05, 0.1) is 12.2 Å². The van der Waals surface area contributed by atoms with Gasteiger partial charge < -0.3 is 10.6 Å². The zero-order valence-corrected chi connectivity index (χ0v) is 13.9. The monoisotopic (exact) mass is 375 g/mol. The molecule has 0 unspecified atom stereocenters. The van der Waals surface area contributed by atoms with Gasteiger partial charge in [-0.15, -0.1) is 0 Å². The maximum absolute atomic E-state index is 12.2. The Morgan fingerprint density at radius 1 is 1.29 bits per heavy atom. The van der Waals surface area contributed by atoms with Crippen molar-refractivity contribution in [3.8, 4) is 0 Å². The Labute approximate surface area is 132 Å². The van der Waals surface area contributed by atoms with Gasteiger partial charge in [0, 0.05) is 17.6 Å². The number of amides is 1. The smallest absolute Gasteiger partial charge is 0.243 e. The van der Waals surface area contributed by atoms with Gasteiger partial charge in [-0.3, -0.25) is 4.79 Å². The number of anilines is 1. The highest BCUT2D eigenvalue weighted by atomic mass is 79.9. The number of piperidine rings is 1. The maximum Gasteiger partial charge on any atom is 0.243 e. The highest BCUT2D eigenvalue weighted by molar-refractivity contribution is 9.10. The number of hydrogen-bond donors (Lipinski definition) is 2. The molecule has 21 heavy (non-hydrogen) atoms. The van der Waals surface area contributed by atoms with E-state index in [-0.39, 0.29) is 23.0 Å². The number of halogens is 1. The molecular weight excluding hydrogens is 358 g/mol. The van der Waals surface area contributed by atoms with Crippen LogP contribution in [-0.2, 0) is 14.8 Å². The van der Waals surface area contributed by atoms with E-state index in [0.717, 1.165) is 19.3 Å². The van der Waals surface area contributed by atoms with E-state index in [1.807, 2.05) is 0 Å². The van der Waals surface area contributed by atoms with Crippen molar-refractivity contribution in [3.05, 3.63) is 22.7 Å². The van der Waals surface area contributed by atoms with Crippen LogP contribution in [0.3, 0.4) is 0 Å². The van der Waals surface area contributed by atoms with Gasteiger partial charge in [-0.25, -0.2) is 13.1 Å². The molecule has 1 fully saturated rings. The number of hydrogen-bond acceptors (Lipinski definition) is 4. The fourth-order valence-corrected chi connectivity index (χ4v) is 3.87. The molecule has 0 bridgehead atoms. The van der Waals surface area contributed by atoms with Crippen molar-refractivity contribution in [2.24, 2.45) is 0 Å². The molecule has 1 aromatic rings. The van der Waals surface area contributed by atoms with Crippen LogP contribution in [0.15, 0.2) is 27.6 Å². The first kappa shape index (κ1) is 16.3. The van der Waals surface area contributed by atoms with Gasteiger partial charge in [0.15, 0.2) is 0 Å². The Kier molecular flexibility index (Phi) is 5.23. The van der Waals surface area contributed by atoms with Gasteiger partial charge in [0.25, 0.3) is 0 Å². The number of likely N-dealkylation sites (tertiary alicyclic amines) is 1. The Bertz CT molecular complexity index is 628. The van der Waals surface area contributed by atoms with Crippen LogP contribution in [0.2, 0.25) is 0 Å². The zero-order chi connectivity index (χ0) is 15.5. The number of rotatable bonds is 4. The molecule has 0 radical (unpaired) electrons. The van der Waals surface area contributed by atoms with E-state index in [1.54, 1.807) is 11.0 Å². The molecule has 2 rings (SSSR count). The minimum atomic E-state index is -3.80. The molecule has 1 amide bonds. The molecule has 1 aliphatic rings. The van der Waals surface area contributed by atoms with E-state index in [4.69, 9.17) is 5.73 Å². The van der Waals surface area contributed by atoms with Gasteiger partial charge in [0.2, 0.25) is 15.9 Å². The summed E-state index contributed by atoms with van der Waals surface area (Å²) in [6, 6.07) is 4.58. The van der Waals surface area contributed by atoms with E-state index < -0.39 is 10.0 Å². The second-order valence-corrected chi connectivity index (χ2v) is 7.60. The third kappa shape index (κ3) is 4.18. The zero-order valence-electron chi connectivity index (χ0n) is 11.5. The van der Waals surface area contributed by atoms with Crippen molar-refractivity contribution in [1.29, 1.82) is 0 Å². The molecule has 6 nitrogen and oxygen atoms in total. The molecule has 0 spiro atoms. The molecule has 1 aromatic carbocycles. The molecule has 0 atom stereocenters. The minimum absolute atomic E-state index is 0.0247. The van der Waals surface area contributed by atoms with Crippen LogP contribution in [0.1, 0.15) is 19.3 Å². The first-order chi connectivity index (χ1) is 9.90.